The monoisotopic (exact) mass is 189 g/mol. The van der Waals surface area contributed by atoms with E-state index >= 15 is 0 Å². The second-order valence-electron chi connectivity index (χ2n) is 1.91. The van der Waals surface area contributed by atoms with Gasteiger partial charge in [0, 0.05) is 0 Å². The first-order valence-corrected chi connectivity index (χ1v) is 4.97. The molecule has 1 aliphatic rings. The summed E-state index contributed by atoms with van der Waals surface area (Å²) in [6.07, 6.45) is 4.11. The Morgan fingerprint density at radius 2 is 2.25 bits per heavy atom. The molecule has 3 heteroatoms. The van der Waals surface area contributed by atoms with E-state index in [0.717, 1.165) is 15.0 Å². The van der Waals surface area contributed by atoms with E-state index in [1.165, 1.54) is 24.6 Å². The van der Waals surface area contributed by atoms with Gasteiger partial charge in [-0.15, -0.1) is 0 Å². The normalized spacial score (nSPS) is 28.9. The standard InChI is InChI=1S/C5H11NSe.Na.H/c6-5-3-1-2-4-7-5;;/h5H,1-4,6H2;;/q;+1;-1. The van der Waals surface area contributed by atoms with Gasteiger partial charge in [-0.05, 0) is 0 Å². The first-order valence-electron chi connectivity index (χ1n) is 2.77. The van der Waals surface area contributed by atoms with E-state index in [0.29, 0.717) is 4.94 Å². The second-order valence-corrected chi connectivity index (χ2v) is 4.73. The summed E-state index contributed by atoms with van der Waals surface area (Å²) in [6.45, 7) is 0. The fourth-order valence-corrected chi connectivity index (χ4v) is 2.88. The van der Waals surface area contributed by atoms with E-state index in [1.807, 2.05) is 0 Å². The van der Waals surface area contributed by atoms with Crippen molar-refractivity contribution in [3.8, 4) is 0 Å². The molecule has 0 bridgehead atoms. The molecule has 1 unspecified atom stereocenters. The molecule has 44 valence electrons. The Bertz CT molecular complexity index is 58.9. The zero-order valence-corrected chi connectivity index (χ0v) is 9.10. The minimum absolute atomic E-state index is 0. The molecule has 0 aromatic heterocycles. The van der Waals surface area contributed by atoms with Gasteiger partial charge >= 0.3 is 79.8 Å². The van der Waals surface area contributed by atoms with E-state index in [4.69, 9.17) is 5.73 Å². The van der Waals surface area contributed by atoms with Crippen molar-refractivity contribution in [1.29, 1.82) is 0 Å². The van der Waals surface area contributed by atoms with Gasteiger partial charge < -0.3 is 1.43 Å². The van der Waals surface area contributed by atoms with E-state index in [-0.39, 0.29) is 31.0 Å². The Balaban J connectivity index is 0. The summed E-state index contributed by atoms with van der Waals surface area (Å²) in [5.74, 6) is 0. The first kappa shape index (κ1) is 9.48. The molecular formula is C5H12NNaSe. The van der Waals surface area contributed by atoms with Crippen molar-refractivity contribution < 1.29 is 31.0 Å². The smallest absolute Gasteiger partial charge is 1.00 e. The largest absolute Gasteiger partial charge is 1.00 e. The average Bonchev–Trinajstić information content (AvgIpc) is 1.69. The fourth-order valence-electron chi connectivity index (χ4n) is 0.766. The van der Waals surface area contributed by atoms with E-state index in [9.17, 15) is 0 Å². The van der Waals surface area contributed by atoms with Gasteiger partial charge in [0.05, 0.1) is 0 Å². The maximum Gasteiger partial charge on any atom is 1.00 e. The molecule has 1 rings (SSSR count). The van der Waals surface area contributed by atoms with Gasteiger partial charge in [-0.2, -0.15) is 0 Å². The molecule has 0 saturated carbocycles. The van der Waals surface area contributed by atoms with Crippen LogP contribution in [0.2, 0.25) is 5.32 Å². The Hall–Kier alpha value is 1.48. The van der Waals surface area contributed by atoms with Crippen molar-refractivity contribution in [1.82, 2.24) is 0 Å². The maximum atomic E-state index is 5.66. The Kier molecular flexibility index (Phi) is 6.26. The quantitative estimate of drug-likeness (QED) is 0.425. The topological polar surface area (TPSA) is 26.0 Å². The molecule has 0 amide bonds. The van der Waals surface area contributed by atoms with Crippen LogP contribution in [-0.2, 0) is 0 Å². The summed E-state index contributed by atoms with van der Waals surface area (Å²) in [7, 11) is 0. The first-order chi connectivity index (χ1) is 3.39. The summed E-state index contributed by atoms with van der Waals surface area (Å²) in [5.41, 5.74) is 5.66. The third kappa shape index (κ3) is 3.49. The molecule has 1 fully saturated rings. The Labute approximate surface area is 80.7 Å². The van der Waals surface area contributed by atoms with Crippen LogP contribution in [0.5, 0.6) is 0 Å². The van der Waals surface area contributed by atoms with Crippen molar-refractivity contribution in [3.05, 3.63) is 0 Å². The second kappa shape index (κ2) is 5.28. The maximum absolute atomic E-state index is 5.66. The minimum Gasteiger partial charge on any atom is -1.00 e. The van der Waals surface area contributed by atoms with Gasteiger partial charge in [0.25, 0.3) is 0 Å². The van der Waals surface area contributed by atoms with Gasteiger partial charge in [-0.3, -0.25) is 0 Å². The third-order valence-electron chi connectivity index (χ3n) is 1.21. The number of hydrogen-bond donors (Lipinski definition) is 1. The van der Waals surface area contributed by atoms with Crippen LogP contribution in [0.15, 0.2) is 0 Å². The molecule has 1 saturated heterocycles. The van der Waals surface area contributed by atoms with Crippen LogP contribution in [-0.4, -0.2) is 19.9 Å². The fraction of sp³-hybridized carbons (Fsp3) is 1.00. The average molecular weight is 188 g/mol. The van der Waals surface area contributed by atoms with Gasteiger partial charge in [0.1, 0.15) is 0 Å². The summed E-state index contributed by atoms with van der Waals surface area (Å²) in [6, 6.07) is 0. The van der Waals surface area contributed by atoms with Crippen LogP contribution in [0.1, 0.15) is 20.7 Å². The van der Waals surface area contributed by atoms with E-state index in [1.54, 1.807) is 0 Å². The van der Waals surface area contributed by atoms with Crippen molar-refractivity contribution in [2.45, 2.75) is 29.5 Å². The van der Waals surface area contributed by atoms with Crippen molar-refractivity contribution >= 4 is 15.0 Å². The van der Waals surface area contributed by atoms with E-state index < -0.39 is 0 Å². The molecule has 2 N–H and O–H groups in total. The molecule has 1 nitrogen and oxygen atoms in total. The zero-order chi connectivity index (χ0) is 5.11. The minimum atomic E-state index is 0. The Morgan fingerprint density at radius 1 is 1.50 bits per heavy atom. The summed E-state index contributed by atoms with van der Waals surface area (Å²) in [4.78, 5) is 0.598. The molecule has 1 heterocycles. The molecule has 1 atom stereocenters. The predicted octanol–water partition coefficient (Wildman–Crippen LogP) is -2.31. The van der Waals surface area contributed by atoms with Crippen LogP contribution < -0.4 is 35.3 Å². The molecule has 8 heavy (non-hydrogen) atoms. The van der Waals surface area contributed by atoms with Crippen LogP contribution in [0.4, 0.5) is 0 Å². The molecule has 0 aliphatic carbocycles. The van der Waals surface area contributed by atoms with Gasteiger partial charge in [-0.1, -0.05) is 0 Å². The third-order valence-corrected chi connectivity index (χ3v) is 3.71. The molecule has 0 aromatic rings. The summed E-state index contributed by atoms with van der Waals surface area (Å²) >= 11 is 0.790. The molecular weight excluding hydrogens is 176 g/mol. The van der Waals surface area contributed by atoms with Gasteiger partial charge in [0.2, 0.25) is 0 Å². The molecule has 0 aromatic carbocycles. The van der Waals surface area contributed by atoms with Crippen molar-refractivity contribution in [2.24, 2.45) is 5.73 Å². The summed E-state index contributed by atoms with van der Waals surface area (Å²) < 4.78 is 0. The van der Waals surface area contributed by atoms with Crippen LogP contribution >= 0.6 is 0 Å². The zero-order valence-electron chi connectivity index (χ0n) is 6.39. The van der Waals surface area contributed by atoms with Crippen LogP contribution in [0.3, 0.4) is 0 Å². The van der Waals surface area contributed by atoms with Gasteiger partial charge in [0.15, 0.2) is 0 Å². The molecule has 0 spiro atoms. The number of rotatable bonds is 0. The van der Waals surface area contributed by atoms with Crippen LogP contribution in [0.25, 0.3) is 0 Å². The van der Waals surface area contributed by atoms with E-state index in [2.05, 4.69) is 0 Å². The molecule has 0 radical (unpaired) electrons. The SMILES string of the molecule is NC1CCCC[Se]1.[H-].[Na+]. The van der Waals surface area contributed by atoms with Crippen molar-refractivity contribution in [2.75, 3.05) is 0 Å². The number of nitrogens with two attached hydrogens (primary N) is 1. The summed E-state index contributed by atoms with van der Waals surface area (Å²) in [5, 5.41) is 1.42. The molecule has 1 aliphatic heterocycles. The number of hydrogen-bond acceptors (Lipinski definition) is 1. The van der Waals surface area contributed by atoms with Gasteiger partial charge in [-0.25, -0.2) is 0 Å². The Morgan fingerprint density at radius 3 is 2.50 bits per heavy atom. The van der Waals surface area contributed by atoms with Crippen LogP contribution in [0, 0.1) is 0 Å². The predicted molar refractivity (Wildman–Crippen MR) is 33.5 cm³/mol. The van der Waals surface area contributed by atoms with Crippen molar-refractivity contribution in [3.63, 3.8) is 0 Å².